The molecule has 1 unspecified atom stereocenters. The maximum absolute atomic E-state index is 12.5. The molecule has 5 rings (SSSR count). The van der Waals surface area contributed by atoms with E-state index in [-0.39, 0.29) is 12.6 Å². The van der Waals surface area contributed by atoms with Gasteiger partial charge in [0.15, 0.2) is 0 Å². The average Bonchev–Trinajstić information content (AvgIpc) is 3.37. The molecule has 1 aliphatic rings. The zero-order chi connectivity index (χ0) is 29.0. The second-order valence-corrected chi connectivity index (χ2v) is 11.4. The fourth-order valence-corrected chi connectivity index (χ4v) is 5.38. The van der Waals surface area contributed by atoms with Gasteiger partial charge in [-0.2, -0.15) is 0 Å². The second-order valence-electron chi connectivity index (χ2n) is 11.4. The molecule has 4 aromatic rings. The predicted octanol–water partition coefficient (Wildman–Crippen LogP) is 5.85. The molecule has 1 aliphatic carbocycles. The number of amides is 1. The minimum atomic E-state index is -0.620. The van der Waals surface area contributed by atoms with Crippen LogP contribution in [0.5, 0.6) is 0 Å². The lowest BCUT2D eigenvalue weighted by atomic mass is 9.90. The van der Waals surface area contributed by atoms with Crippen LogP contribution in [0.1, 0.15) is 78.2 Å². The third-order valence-electron chi connectivity index (χ3n) is 7.22. The third kappa shape index (κ3) is 6.92. The summed E-state index contributed by atoms with van der Waals surface area (Å²) in [5.41, 5.74) is 5.87. The van der Waals surface area contributed by atoms with Crippen molar-refractivity contribution in [2.75, 3.05) is 7.11 Å². The van der Waals surface area contributed by atoms with E-state index in [2.05, 4.69) is 21.3 Å². The quantitative estimate of drug-likeness (QED) is 0.263. The van der Waals surface area contributed by atoms with E-state index in [1.54, 1.807) is 12.1 Å². The highest BCUT2D eigenvalue weighted by Gasteiger charge is 2.29. The fraction of sp³-hybridized carbons (Fsp3) is 0.375. The summed E-state index contributed by atoms with van der Waals surface area (Å²) in [4.78, 5) is 40.4. The molecule has 0 radical (unpaired) electrons. The Bertz CT molecular complexity index is 1510. The van der Waals surface area contributed by atoms with Crippen LogP contribution in [0.2, 0.25) is 0 Å². The molecular weight excluding hydrogens is 518 g/mol. The SMILES string of the molecule is COC(=O)c1ccc(CN(Cc2nc3ccccc3[nH]2)C2CCCc3cccnc32)c(CNC(=O)OC(C)(C)C)c1. The van der Waals surface area contributed by atoms with Gasteiger partial charge in [-0.05, 0) is 87.1 Å². The minimum absolute atomic E-state index is 0.0834. The van der Waals surface area contributed by atoms with Gasteiger partial charge in [0.25, 0.3) is 0 Å². The Morgan fingerprint density at radius 3 is 2.68 bits per heavy atom. The van der Waals surface area contributed by atoms with Crippen molar-refractivity contribution in [2.24, 2.45) is 0 Å². The summed E-state index contributed by atoms with van der Waals surface area (Å²) in [5, 5.41) is 2.85. The number of carbonyl (C=O) groups is 2. The number of carbonyl (C=O) groups excluding carboxylic acids is 2. The van der Waals surface area contributed by atoms with E-state index in [1.165, 1.54) is 12.7 Å². The number of imidazole rings is 1. The van der Waals surface area contributed by atoms with Crippen LogP contribution in [0.4, 0.5) is 4.79 Å². The van der Waals surface area contributed by atoms with Crippen LogP contribution in [0.3, 0.4) is 0 Å². The summed E-state index contributed by atoms with van der Waals surface area (Å²) < 4.78 is 10.4. The van der Waals surface area contributed by atoms with Crippen molar-refractivity contribution < 1.29 is 19.1 Å². The number of para-hydroxylation sites is 2. The Labute approximate surface area is 240 Å². The molecule has 1 amide bonds. The Morgan fingerprint density at radius 2 is 1.90 bits per heavy atom. The number of nitrogens with one attached hydrogen (secondary N) is 2. The summed E-state index contributed by atoms with van der Waals surface area (Å²) in [5.74, 6) is 0.438. The largest absolute Gasteiger partial charge is 0.465 e. The summed E-state index contributed by atoms with van der Waals surface area (Å²) in [6.45, 7) is 6.80. The van der Waals surface area contributed by atoms with Crippen molar-refractivity contribution in [1.82, 2.24) is 25.2 Å². The van der Waals surface area contributed by atoms with Gasteiger partial charge in [-0.1, -0.05) is 24.3 Å². The molecule has 41 heavy (non-hydrogen) atoms. The summed E-state index contributed by atoms with van der Waals surface area (Å²) in [6.07, 6.45) is 4.38. The molecule has 2 heterocycles. The Kier molecular flexibility index (Phi) is 8.35. The number of pyridine rings is 1. The van der Waals surface area contributed by atoms with Crippen molar-refractivity contribution in [3.63, 3.8) is 0 Å². The van der Waals surface area contributed by atoms with Gasteiger partial charge in [-0.3, -0.25) is 9.88 Å². The standard InChI is InChI=1S/C32H37N5O4/c1-32(2,3)41-31(39)34-18-24-17-22(30(38)40-4)14-15-23(24)19-37(20-28-35-25-11-5-6-12-26(25)36-28)27-13-7-9-21-10-8-16-33-29(21)27/h5-6,8,10-12,14-17,27H,7,9,13,18-20H2,1-4H3,(H,34,39)(H,35,36). The minimum Gasteiger partial charge on any atom is -0.465 e. The van der Waals surface area contributed by atoms with E-state index in [9.17, 15) is 9.59 Å². The van der Waals surface area contributed by atoms with Gasteiger partial charge in [0.05, 0.1) is 42.0 Å². The van der Waals surface area contributed by atoms with Gasteiger partial charge in [-0.25, -0.2) is 14.6 Å². The predicted molar refractivity (Wildman–Crippen MR) is 156 cm³/mol. The lowest BCUT2D eigenvalue weighted by molar-refractivity contribution is 0.0522. The van der Waals surface area contributed by atoms with Crippen LogP contribution < -0.4 is 5.32 Å². The zero-order valence-electron chi connectivity index (χ0n) is 24.1. The zero-order valence-corrected chi connectivity index (χ0v) is 24.1. The number of rotatable bonds is 8. The van der Waals surface area contributed by atoms with Crippen molar-refractivity contribution in [3.05, 3.63) is 94.6 Å². The van der Waals surface area contributed by atoms with Gasteiger partial charge >= 0.3 is 12.1 Å². The molecule has 0 aliphatic heterocycles. The molecule has 0 spiro atoms. The number of esters is 1. The lowest BCUT2D eigenvalue weighted by Gasteiger charge is -2.35. The van der Waals surface area contributed by atoms with E-state index in [0.717, 1.165) is 52.9 Å². The summed E-state index contributed by atoms with van der Waals surface area (Å²) in [7, 11) is 1.36. The molecule has 0 saturated heterocycles. The first-order chi connectivity index (χ1) is 19.7. The van der Waals surface area contributed by atoms with Crippen LogP contribution >= 0.6 is 0 Å². The van der Waals surface area contributed by atoms with Crippen LogP contribution in [0.15, 0.2) is 60.8 Å². The van der Waals surface area contributed by atoms with Gasteiger partial charge in [0.2, 0.25) is 0 Å². The molecule has 2 N–H and O–H groups in total. The fourth-order valence-electron chi connectivity index (χ4n) is 5.38. The van der Waals surface area contributed by atoms with Gasteiger partial charge < -0.3 is 19.8 Å². The molecule has 214 valence electrons. The van der Waals surface area contributed by atoms with Crippen molar-refractivity contribution in [3.8, 4) is 0 Å². The summed E-state index contributed by atoms with van der Waals surface area (Å²) >= 11 is 0. The maximum atomic E-state index is 12.5. The highest BCUT2D eigenvalue weighted by Crippen LogP contribution is 2.35. The molecule has 0 bridgehead atoms. The molecule has 0 saturated carbocycles. The van der Waals surface area contributed by atoms with Crippen molar-refractivity contribution >= 4 is 23.1 Å². The number of hydrogen-bond acceptors (Lipinski definition) is 7. The number of ether oxygens (including phenoxy) is 2. The monoisotopic (exact) mass is 555 g/mol. The van der Waals surface area contributed by atoms with E-state index in [0.29, 0.717) is 18.7 Å². The average molecular weight is 556 g/mol. The molecule has 0 fully saturated rings. The van der Waals surface area contributed by atoms with E-state index < -0.39 is 17.7 Å². The number of hydrogen-bond donors (Lipinski definition) is 2. The van der Waals surface area contributed by atoms with Crippen LogP contribution in [0, 0.1) is 0 Å². The number of nitrogens with zero attached hydrogens (tertiary/aromatic N) is 3. The lowest BCUT2D eigenvalue weighted by Crippen LogP contribution is -2.34. The number of H-pyrrole nitrogens is 1. The number of alkyl carbamates (subject to hydrolysis) is 1. The normalized spacial score (nSPS) is 15.0. The van der Waals surface area contributed by atoms with Gasteiger partial charge in [-0.15, -0.1) is 0 Å². The van der Waals surface area contributed by atoms with Crippen LogP contribution in [-0.2, 0) is 35.5 Å². The first-order valence-electron chi connectivity index (χ1n) is 14.0. The summed E-state index contributed by atoms with van der Waals surface area (Å²) in [6, 6.07) is 17.7. The molecule has 1 atom stereocenters. The number of aromatic nitrogens is 3. The van der Waals surface area contributed by atoms with Crippen molar-refractivity contribution in [2.45, 2.75) is 71.3 Å². The van der Waals surface area contributed by atoms with Gasteiger partial charge in [0, 0.05) is 19.3 Å². The number of fused-ring (bicyclic) bond motifs is 2. The molecular formula is C32H37N5O4. The van der Waals surface area contributed by atoms with Gasteiger partial charge in [0.1, 0.15) is 11.4 Å². The number of benzene rings is 2. The highest BCUT2D eigenvalue weighted by atomic mass is 16.6. The Hall–Kier alpha value is -4.24. The first-order valence-corrected chi connectivity index (χ1v) is 14.0. The maximum Gasteiger partial charge on any atom is 0.407 e. The molecule has 9 heteroatoms. The Balaban J connectivity index is 1.49. The highest BCUT2D eigenvalue weighted by molar-refractivity contribution is 5.89. The van der Waals surface area contributed by atoms with E-state index >= 15 is 0 Å². The van der Waals surface area contributed by atoms with Crippen LogP contribution in [-0.4, -0.2) is 44.6 Å². The second kappa shape index (κ2) is 12.1. The number of methoxy groups -OCH3 is 1. The van der Waals surface area contributed by atoms with E-state index in [1.807, 2.05) is 63.4 Å². The number of aryl methyl sites for hydroxylation is 1. The topological polar surface area (TPSA) is 109 Å². The smallest absolute Gasteiger partial charge is 0.407 e. The first kappa shape index (κ1) is 28.3. The molecule has 2 aromatic carbocycles. The molecule has 9 nitrogen and oxygen atoms in total. The van der Waals surface area contributed by atoms with Crippen LogP contribution in [0.25, 0.3) is 11.0 Å². The third-order valence-corrected chi connectivity index (χ3v) is 7.22. The Morgan fingerprint density at radius 1 is 1.07 bits per heavy atom. The molecule has 2 aromatic heterocycles. The van der Waals surface area contributed by atoms with E-state index in [4.69, 9.17) is 19.4 Å². The number of aromatic amines is 1. The van der Waals surface area contributed by atoms with Crippen molar-refractivity contribution in [1.29, 1.82) is 0 Å².